The molecule has 0 saturated carbocycles. The molecule has 0 saturated heterocycles. The molecule has 0 atom stereocenters. The van der Waals surface area contributed by atoms with Crippen LogP contribution in [0.15, 0.2) is 53.4 Å². The standard InChI is InChI=1S/C20H22N2O2S/c1-15(23)22-12-10-16-14-17(8-9-19(16)22)20(24)21-11-5-13-25-18-6-3-2-4-7-18/h2-4,6-9,14H,5,10-13H2,1H3,(H,21,24). The van der Waals surface area contributed by atoms with Gasteiger partial charge in [-0.1, -0.05) is 18.2 Å². The molecule has 3 rings (SSSR count). The third-order valence-corrected chi connectivity index (χ3v) is 5.33. The maximum atomic E-state index is 12.3. The number of carbonyl (C=O) groups excluding carboxylic acids is 2. The Labute approximate surface area is 152 Å². The summed E-state index contributed by atoms with van der Waals surface area (Å²) in [6.45, 7) is 2.94. The minimum absolute atomic E-state index is 0.0474. The zero-order chi connectivity index (χ0) is 17.6. The Balaban J connectivity index is 1.47. The first kappa shape index (κ1) is 17.5. The van der Waals surface area contributed by atoms with Gasteiger partial charge in [0.15, 0.2) is 0 Å². The van der Waals surface area contributed by atoms with Crippen molar-refractivity contribution in [3.8, 4) is 0 Å². The molecule has 1 aliphatic heterocycles. The Kier molecular flexibility index (Phi) is 5.76. The molecule has 2 aromatic rings. The number of carbonyl (C=O) groups is 2. The summed E-state index contributed by atoms with van der Waals surface area (Å²) >= 11 is 1.80. The number of nitrogens with one attached hydrogen (secondary N) is 1. The Morgan fingerprint density at radius 2 is 1.96 bits per heavy atom. The number of hydrogen-bond acceptors (Lipinski definition) is 3. The van der Waals surface area contributed by atoms with Crippen LogP contribution >= 0.6 is 11.8 Å². The van der Waals surface area contributed by atoms with E-state index >= 15 is 0 Å². The van der Waals surface area contributed by atoms with Crippen molar-refractivity contribution in [1.82, 2.24) is 5.32 Å². The fourth-order valence-corrected chi connectivity index (χ4v) is 3.83. The van der Waals surface area contributed by atoms with Gasteiger partial charge in [0.25, 0.3) is 5.91 Å². The van der Waals surface area contributed by atoms with E-state index in [0.29, 0.717) is 18.7 Å². The van der Waals surface area contributed by atoms with Crippen LogP contribution in [0.5, 0.6) is 0 Å². The van der Waals surface area contributed by atoms with Gasteiger partial charge in [-0.15, -0.1) is 11.8 Å². The van der Waals surface area contributed by atoms with Crippen molar-refractivity contribution in [3.63, 3.8) is 0 Å². The van der Waals surface area contributed by atoms with E-state index in [-0.39, 0.29) is 11.8 Å². The Morgan fingerprint density at radius 1 is 1.16 bits per heavy atom. The summed E-state index contributed by atoms with van der Waals surface area (Å²) < 4.78 is 0. The lowest BCUT2D eigenvalue weighted by Crippen LogP contribution is -2.26. The van der Waals surface area contributed by atoms with Crippen LogP contribution < -0.4 is 10.2 Å². The van der Waals surface area contributed by atoms with E-state index in [1.165, 1.54) is 4.90 Å². The molecule has 0 aliphatic carbocycles. The lowest BCUT2D eigenvalue weighted by Gasteiger charge is -2.14. The molecule has 1 heterocycles. The third-order valence-electron chi connectivity index (χ3n) is 4.24. The fourth-order valence-electron chi connectivity index (χ4n) is 2.95. The quantitative estimate of drug-likeness (QED) is 0.638. The number of benzene rings is 2. The van der Waals surface area contributed by atoms with Gasteiger partial charge in [0.2, 0.25) is 5.91 Å². The van der Waals surface area contributed by atoms with Crippen molar-refractivity contribution in [1.29, 1.82) is 0 Å². The first-order valence-electron chi connectivity index (χ1n) is 8.52. The SMILES string of the molecule is CC(=O)N1CCc2cc(C(=O)NCCCSc3ccccc3)ccc21. The molecule has 130 valence electrons. The van der Waals surface area contributed by atoms with Gasteiger partial charge in [-0.2, -0.15) is 0 Å². The topological polar surface area (TPSA) is 49.4 Å². The smallest absolute Gasteiger partial charge is 0.251 e. The first-order valence-corrected chi connectivity index (χ1v) is 9.51. The summed E-state index contributed by atoms with van der Waals surface area (Å²) in [5.74, 6) is 0.975. The highest BCUT2D eigenvalue weighted by atomic mass is 32.2. The number of nitrogens with zero attached hydrogens (tertiary/aromatic N) is 1. The number of thioether (sulfide) groups is 1. The van der Waals surface area contributed by atoms with E-state index < -0.39 is 0 Å². The van der Waals surface area contributed by atoms with Gasteiger partial charge in [-0.05, 0) is 54.5 Å². The molecule has 0 aromatic heterocycles. The number of amides is 2. The zero-order valence-corrected chi connectivity index (χ0v) is 15.1. The third kappa shape index (κ3) is 4.42. The van der Waals surface area contributed by atoms with Crippen molar-refractivity contribution in [3.05, 3.63) is 59.7 Å². The normalized spacial score (nSPS) is 12.8. The van der Waals surface area contributed by atoms with Crippen LogP contribution in [0.4, 0.5) is 5.69 Å². The second-order valence-electron chi connectivity index (χ2n) is 6.04. The van der Waals surface area contributed by atoms with Crippen LogP contribution in [0, 0.1) is 0 Å². The average molecular weight is 354 g/mol. The second-order valence-corrected chi connectivity index (χ2v) is 7.20. The lowest BCUT2D eigenvalue weighted by atomic mass is 10.1. The monoisotopic (exact) mass is 354 g/mol. The summed E-state index contributed by atoms with van der Waals surface area (Å²) in [7, 11) is 0. The minimum atomic E-state index is -0.0474. The molecule has 0 radical (unpaired) electrons. The highest BCUT2D eigenvalue weighted by molar-refractivity contribution is 7.99. The molecular formula is C20H22N2O2S. The molecule has 5 heteroatoms. The van der Waals surface area contributed by atoms with Crippen molar-refractivity contribution in [2.24, 2.45) is 0 Å². The molecule has 2 amide bonds. The van der Waals surface area contributed by atoms with Crippen molar-refractivity contribution in [2.45, 2.75) is 24.7 Å². The van der Waals surface area contributed by atoms with Crippen LogP contribution in [0.1, 0.15) is 29.3 Å². The predicted molar refractivity (Wildman–Crippen MR) is 102 cm³/mol. The predicted octanol–water partition coefficient (Wildman–Crippen LogP) is 3.51. The molecule has 0 fully saturated rings. The highest BCUT2D eigenvalue weighted by Crippen LogP contribution is 2.28. The summed E-state index contributed by atoms with van der Waals surface area (Å²) in [4.78, 5) is 26.9. The second kappa shape index (κ2) is 8.21. The zero-order valence-electron chi connectivity index (χ0n) is 14.3. The number of anilines is 1. The summed E-state index contributed by atoms with van der Waals surface area (Å²) in [5.41, 5.74) is 2.67. The van der Waals surface area contributed by atoms with Crippen LogP contribution in [-0.4, -0.2) is 30.7 Å². The van der Waals surface area contributed by atoms with Crippen molar-refractivity contribution < 1.29 is 9.59 Å². The van der Waals surface area contributed by atoms with E-state index in [1.54, 1.807) is 29.7 Å². The van der Waals surface area contributed by atoms with E-state index in [0.717, 1.165) is 29.8 Å². The van der Waals surface area contributed by atoms with Gasteiger partial charge in [0, 0.05) is 36.2 Å². The molecule has 4 nitrogen and oxygen atoms in total. The Bertz CT molecular complexity index is 762. The molecule has 0 spiro atoms. The highest BCUT2D eigenvalue weighted by Gasteiger charge is 2.22. The van der Waals surface area contributed by atoms with Crippen molar-refractivity contribution in [2.75, 3.05) is 23.7 Å². The molecule has 2 aromatic carbocycles. The molecule has 0 unspecified atom stereocenters. The summed E-state index contributed by atoms with van der Waals surface area (Å²) in [5, 5.41) is 2.98. The number of rotatable bonds is 6. The van der Waals surface area contributed by atoms with Crippen LogP contribution in [0.2, 0.25) is 0 Å². The lowest BCUT2D eigenvalue weighted by molar-refractivity contribution is -0.116. The fraction of sp³-hybridized carbons (Fsp3) is 0.300. The molecule has 1 aliphatic rings. The van der Waals surface area contributed by atoms with Crippen LogP contribution in [0.25, 0.3) is 0 Å². The van der Waals surface area contributed by atoms with Gasteiger partial charge < -0.3 is 10.2 Å². The molecule has 1 N–H and O–H groups in total. The Morgan fingerprint density at radius 3 is 2.72 bits per heavy atom. The Hall–Kier alpha value is -2.27. The van der Waals surface area contributed by atoms with Gasteiger partial charge in [-0.3, -0.25) is 9.59 Å². The van der Waals surface area contributed by atoms with Crippen LogP contribution in [-0.2, 0) is 11.2 Å². The van der Waals surface area contributed by atoms with Gasteiger partial charge >= 0.3 is 0 Å². The van der Waals surface area contributed by atoms with E-state index in [2.05, 4.69) is 17.4 Å². The molecule has 0 bridgehead atoms. The van der Waals surface area contributed by atoms with Crippen LogP contribution in [0.3, 0.4) is 0 Å². The summed E-state index contributed by atoms with van der Waals surface area (Å²) in [6.07, 6.45) is 1.73. The van der Waals surface area contributed by atoms with Gasteiger partial charge in [-0.25, -0.2) is 0 Å². The molecular weight excluding hydrogens is 332 g/mol. The largest absolute Gasteiger partial charge is 0.352 e. The van der Waals surface area contributed by atoms with Crippen molar-refractivity contribution >= 4 is 29.3 Å². The van der Waals surface area contributed by atoms with E-state index in [1.807, 2.05) is 30.3 Å². The number of hydrogen-bond donors (Lipinski definition) is 1. The minimum Gasteiger partial charge on any atom is -0.352 e. The van der Waals surface area contributed by atoms with Gasteiger partial charge in [0.05, 0.1) is 0 Å². The first-order chi connectivity index (χ1) is 12.1. The van der Waals surface area contributed by atoms with E-state index in [9.17, 15) is 9.59 Å². The maximum Gasteiger partial charge on any atom is 0.251 e. The number of fused-ring (bicyclic) bond motifs is 1. The van der Waals surface area contributed by atoms with E-state index in [4.69, 9.17) is 0 Å². The summed E-state index contributed by atoms with van der Waals surface area (Å²) in [6, 6.07) is 15.9. The molecule has 25 heavy (non-hydrogen) atoms. The van der Waals surface area contributed by atoms with Gasteiger partial charge in [0.1, 0.15) is 0 Å². The maximum absolute atomic E-state index is 12.3. The average Bonchev–Trinajstić information content (AvgIpc) is 3.05.